The number of primary amides is 1. The van der Waals surface area contributed by atoms with Gasteiger partial charge in [0.1, 0.15) is 18.1 Å². The van der Waals surface area contributed by atoms with Crippen molar-refractivity contribution in [3.8, 4) is 0 Å². The number of carboxylic acid groups (broad SMARTS) is 1. The van der Waals surface area contributed by atoms with Crippen LogP contribution in [0.4, 0.5) is 0 Å². The summed E-state index contributed by atoms with van der Waals surface area (Å²) in [6, 6.07) is 2.68. The van der Waals surface area contributed by atoms with Crippen LogP contribution in [0.3, 0.4) is 0 Å². The summed E-state index contributed by atoms with van der Waals surface area (Å²) < 4.78 is 0. The maximum Gasteiger partial charge on any atom is 0.326 e. The van der Waals surface area contributed by atoms with Crippen molar-refractivity contribution in [3.05, 3.63) is 54.2 Å². The Bertz CT molecular complexity index is 1390. The average Bonchev–Trinajstić information content (AvgIpc) is 3.64. The van der Waals surface area contributed by atoms with Crippen molar-refractivity contribution in [1.29, 1.82) is 0 Å². The van der Waals surface area contributed by atoms with E-state index in [0.29, 0.717) is 30.6 Å². The fraction of sp³-hybridized carbons (Fsp3) is 0.429. The molecular formula is C28H39N9O6. The van der Waals surface area contributed by atoms with Crippen molar-refractivity contribution in [1.82, 2.24) is 30.9 Å². The largest absolute Gasteiger partial charge is 0.480 e. The first-order chi connectivity index (χ1) is 20.6. The first-order valence-corrected chi connectivity index (χ1v) is 14.0. The summed E-state index contributed by atoms with van der Waals surface area (Å²) in [5, 5.41) is 18.4. The molecule has 0 aliphatic heterocycles. The van der Waals surface area contributed by atoms with Crippen LogP contribution in [0.2, 0.25) is 0 Å². The van der Waals surface area contributed by atoms with Gasteiger partial charge in [0.2, 0.25) is 23.6 Å². The molecule has 0 bridgehead atoms. The number of aromatic nitrogens is 3. The Balaban J connectivity index is 1.72. The molecule has 4 unspecified atom stereocenters. The van der Waals surface area contributed by atoms with E-state index in [2.05, 4.69) is 30.9 Å². The molecule has 0 fully saturated rings. The van der Waals surface area contributed by atoms with Crippen molar-refractivity contribution < 1.29 is 29.1 Å². The highest BCUT2D eigenvalue weighted by Gasteiger charge is 2.31. The molecule has 3 aromatic rings. The molecule has 0 saturated carbocycles. The summed E-state index contributed by atoms with van der Waals surface area (Å²) in [7, 11) is 0. The monoisotopic (exact) mass is 597 g/mol. The second-order valence-corrected chi connectivity index (χ2v) is 10.3. The van der Waals surface area contributed by atoms with Gasteiger partial charge in [0.25, 0.3) is 0 Å². The maximum absolute atomic E-state index is 13.4. The SMILES string of the molecule is NCCCCC(NC(=O)C(CCC(N)=O)NC(=O)C(N)Cc1cnc[nH]1)C(=O)NC(Cc1c[nH]c2ccccc12)C(=O)O. The third-order valence-corrected chi connectivity index (χ3v) is 6.94. The summed E-state index contributed by atoms with van der Waals surface area (Å²) in [5.41, 5.74) is 19.0. The molecule has 0 radical (unpaired) electrons. The van der Waals surface area contributed by atoms with Crippen LogP contribution in [-0.4, -0.2) is 80.4 Å². The van der Waals surface area contributed by atoms with Crippen LogP contribution in [0.1, 0.15) is 43.4 Å². The van der Waals surface area contributed by atoms with Gasteiger partial charge in [0, 0.05) is 48.3 Å². The number of amides is 4. The third kappa shape index (κ3) is 9.93. The normalized spacial score (nSPS) is 13.9. The average molecular weight is 598 g/mol. The Labute approximate surface area is 247 Å². The molecule has 0 aliphatic rings. The molecule has 0 spiro atoms. The number of carbonyl (C=O) groups excluding carboxylic acids is 4. The zero-order chi connectivity index (χ0) is 31.4. The van der Waals surface area contributed by atoms with Crippen LogP contribution >= 0.6 is 0 Å². The molecule has 2 aromatic heterocycles. The predicted molar refractivity (Wildman–Crippen MR) is 157 cm³/mol. The van der Waals surface area contributed by atoms with Crippen molar-refractivity contribution >= 4 is 40.5 Å². The standard InChI is InChI=1S/C28H39N9O6/c29-10-4-3-7-21(26(40)37-23(28(42)43)11-16-13-33-20-6-2-1-5-18(16)20)36-27(41)22(8-9-24(31)38)35-25(39)19(30)12-17-14-32-15-34-17/h1-2,5-6,13-15,19,21-23,33H,3-4,7-12,29-30H2,(H2,31,38)(H,32,34)(H,35,39)(H,36,41)(H,37,40)(H,42,43). The van der Waals surface area contributed by atoms with Gasteiger partial charge in [-0.25, -0.2) is 9.78 Å². The van der Waals surface area contributed by atoms with Crippen LogP contribution in [0, 0.1) is 0 Å². The number of fused-ring (bicyclic) bond motifs is 1. The summed E-state index contributed by atoms with van der Waals surface area (Å²) in [6.07, 6.45) is 5.58. The van der Waals surface area contributed by atoms with Crippen LogP contribution in [0.5, 0.6) is 0 Å². The van der Waals surface area contributed by atoms with Crippen LogP contribution in [-0.2, 0) is 36.8 Å². The van der Waals surface area contributed by atoms with Gasteiger partial charge in [-0.2, -0.15) is 0 Å². The first-order valence-electron chi connectivity index (χ1n) is 14.0. The zero-order valence-electron chi connectivity index (χ0n) is 23.7. The third-order valence-electron chi connectivity index (χ3n) is 6.94. The minimum absolute atomic E-state index is 0.0000666. The second-order valence-electron chi connectivity index (χ2n) is 10.3. The highest BCUT2D eigenvalue weighted by molar-refractivity contribution is 5.94. The fourth-order valence-corrected chi connectivity index (χ4v) is 4.59. The van der Waals surface area contributed by atoms with Crippen molar-refractivity contribution in [2.75, 3.05) is 6.54 Å². The molecule has 15 nitrogen and oxygen atoms in total. The van der Waals surface area contributed by atoms with Gasteiger partial charge in [0.15, 0.2) is 0 Å². The highest BCUT2D eigenvalue weighted by atomic mass is 16.4. The molecule has 43 heavy (non-hydrogen) atoms. The number of carbonyl (C=O) groups is 5. The molecule has 0 aliphatic carbocycles. The van der Waals surface area contributed by atoms with E-state index in [0.717, 1.165) is 10.9 Å². The molecule has 12 N–H and O–H groups in total. The Hall–Kier alpha value is -4.76. The number of carboxylic acids is 1. The van der Waals surface area contributed by atoms with E-state index in [1.54, 1.807) is 6.20 Å². The first kappa shape index (κ1) is 32.8. The maximum atomic E-state index is 13.4. The van der Waals surface area contributed by atoms with E-state index in [-0.39, 0.29) is 32.1 Å². The molecule has 0 saturated heterocycles. The van der Waals surface area contributed by atoms with E-state index in [1.165, 1.54) is 12.5 Å². The lowest BCUT2D eigenvalue weighted by Gasteiger charge is -2.25. The lowest BCUT2D eigenvalue weighted by molar-refractivity contribution is -0.142. The lowest BCUT2D eigenvalue weighted by atomic mass is 10.0. The molecule has 4 amide bonds. The Morgan fingerprint density at radius 1 is 0.884 bits per heavy atom. The highest BCUT2D eigenvalue weighted by Crippen LogP contribution is 2.19. The molecule has 2 heterocycles. The Kier molecular flexibility index (Phi) is 12.2. The van der Waals surface area contributed by atoms with Gasteiger partial charge in [-0.1, -0.05) is 18.2 Å². The van der Waals surface area contributed by atoms with Gasteiger partial charge >= 0.3 is 5.97 Å². The smallest absolute Gasteiger partial charge is 0.326 e. The number of imidazole rings is 1. The van der Waals surface area contributed by atoms with Crippen LogP contribution < -0.4 is 33.2 Å². The Morgan fingerprint density at radius 3 is 2.21 bits per heavy atom. The van der Waals surface area contributed by atoms with E-state index in [9.17, 15) is 29.1 Å². The van der Waals surface area contributed by atoms with E-state index in [4.69, 9.17) is 17.2 Å². The number of rotatable bonds is 18. The van der Waals surface area contributed by atoms with Crippen molar-refractivity contribution in [2.24, 2.45) is 17.2 Å². The van der Waals surface area contributed by atoms with Crippen LogP contribution in [0.15, 0.2) is 43.0 Å². The molecular weight excluding hydrogens is 558 g/mol. The van der Waals surface area contributed by atoms with Gasteiger partial charge in [-0.15, -0.1) is 0 Å². The number of hydrogen-bond donors (Lipinski definition) is 9. The number of H-pyrrole nitrogens is 2. The number of aliphatic carboxylic acids is 1. The van der Waals surface area contributed by atoms with Crippen molar-refractivity contribution in [3.63, 3.8) is 0 Å². The molecule has 15 heteroatoms. The number of benzene rings is 1. The van der Waals surface area contributed by atoms with Gasteiger partial charge in [0.05, 0.1) is 12.4 Å². The lowest BCUT2D eigenvalue weighted by Crippen LogP contribution is -2.57. The summed E-state index contributed by atoms with van der Waals surface area (Å²) >= 11 is 0. The second kappa shape index (κ2) is 16.0. The topological polar surface area (TPSA) is 264 Å². The summed E-state index contributed by atoms with van der Waals surface area (Å²) in [6.45, 7) is 0.353. The Morgan fingerprint density at radius 2 is 1.56 bits per heavy atom. The molecule has 3 rings (SSSR count). The molecule has 1 aromatic carbocycles. The number of nitrogens with two attached hydrogens (primary N) is 3. The number of nitrogens with zero attached hydrogens (tertiary/aromatic N) is 1. The summed E-state index contributed by atoms with van der Waals surface area (Å²) in [4.78, 5) is 72.9. The minimum Gasteiger partial charge on any atom is -0.480 e. The zero-order valence-corrected chi connectivity index (χ0v) is 23.7. The molecule has 4 atom stereocenters. The van der Waals surface area contributed by atoms with Crippen molar-refractivity contribution in [2.45, 2.75) is 69.1 Å². The minimum atomic E-state index is -1.29. The van der Waals surface area contributed by atoms with E-state index < -0.39 is 53.8 Å². The summed E-state index contributed by atoms with van der Waals surface area (Å²) in [5.74, 6) is -4.06. The van der Waals surface area contributed by atoms with Crippen LogP contribution in [0.25, 0.3) is 10.9 Å². The molecule has 232 valence electrons. The van der Waals surface area contributed by atoms with Gasteiger partial charge in [-0.3, -0.25) is 19.2 Å². The van der Waals surface area contributed by atoms with Gasteiger partial charge in [-0.05, 0) is 43.9 Å². The number of hydrogen-bond acceptors (Lipinski definition) is 8. The number of aromatic amines is 2. The number of unbranched alkanes of at least 4 members (excludes halogenated alkanes) is 1. The number of nitrogens with one attached hydrogen (secondary N) is 5. The van der Waals surface area contributed by atoms with E-state index in [1.807, 2.05) is 24.3 Å². The van der Waals surface area contributed by atoms with E-state index >= 15 is 0 Å². The fourth-order valence-electron chi connectivity index (χ4n) is 4.59. The quantitative estimate of drug-likeness (QED) is 0.0807. The number of para-hydroxylation sites is 1. The van der Waals surface area contributed by atoms with Gasteiger partial charge < -0.3 is 48.2 Å². The predicted octanol–water partition coefficient (Wildman–Crippen LogP) is -1.06.